The molecule has 0 bridgehead atoms. The van der Waals surface area contributed by atoms with Gasteiger partial charge in [-0.05, 0) is 90.9 Å². The van der Waals surface area contributed by atoms with E-state index < -0.39 is 6.04 Å². The number of methoxy groups -OCH3 is 1. The number of carbonyl (C=O) groups excluding carboxylic acids is 2. The molecule has 6 heteroatoms. The molecule has 3 aromatic rings. The van der Waals surface area contributed by atoms with E-state index in [0.717, 1.165) is 62.2 Å². The zero-order valence-corrected chi connectivity index (χ0v) is 23.7. The van der Waals surface area contributed by atoms with Crippen molar-refractivity contribution in [3.63, 3.8) is 0 Å². The Morgan fingerprint density at radius 1 is 0.950 bits per heavy atom. The molecule has 6 nitrogen and oxygen atoms in total. The largest absolute Gasteiger partial charge is 0.497 e. The Morgan fingerprint density at radius 3 is 2.30 bits per heavy atom. The van der Waals surface area contributed by atoms with E-state index >= 15 is 0 Å². The average Bonchev–Trinajstić information content (AvgIpc) is 3.38. The van der Waals surface area contributed by atoms with Gasteiger partial charge >= 0.3 is 0 Å². The lowest BCUT2D eigenvalue weighted by molar-refractivity contribution is -0.132. The van der Waals surface area contributed by atoms with Gasteiger partial charge in [0.25, 0.3) is 5.91 Å². The third-order valence-corrected chi connectivity index (χ3v) is 8.60. The number of likely N-dealkylation sites (tertiary alicyclic amines) is 1. The zero-order valence-electron chi connectivity index (χ0n) is 23.7. The predicted octanol–water partition coefficient (Wildman–Crippen LogP) is 5.65. The monoisotopic (exact) mass is 539 g/mol. The van der Waals surface area contributed by atoms with Crippen LogP contribution in [0.5, 0.6) is 5.75 Å². The van der Waals surface area contributed by atoms with Crippen LogP contribution in [0.2, 0.25) is 0 Å². The summed E-state index contributed by atoms with van der Waals surface area (Å²) in [5.41, 5.74) is 4.43. The molecule has 1 aliphatic heterocycles. The van der Waals surface area contributed by atoms with Crippen molar-refractivity contribution in [2.24, 2.45) is 5.41 Å². The molecule has 2 amide bonds. The van der Waals surface area contributed by atoms with Gasteiger partial charge in [0.2, 0.25) is 5.91 Å². The average molecular weight is 540 g/mol. The Morgan fingerprint density at radius 2 is 1.62 bits per heavy atom. The van der Waals surface area contributed by atoms with Gasteiger partial charge in [0, 0.05) is 25.2 Å². The van der Waals surface area contributed by atoms with Crippen LogP contribution in [0.4, 0.5) is 0 Å². The molecule has 2 N–H and O–H groups in total. The Bertz CT molecular complexity index is 1270. The van der Waals surface area contributed by atoms with Crippen molar-refractivity contribution in [1.82, 2.24) is 15.5 Å². The summed E-state index contributed by atoms with van der Waals surface area (Å²) >= 11 is 0. The summed E-state index contributed by atoms with van der Waals surface area (Å²) in [6.45, 7) is 5.15. The third-order valence-electron chi connectivity index (χ3n) is 8.60. The molecule has 3 atom stereocenters. The summed E-state index contributed by atoms with van der Waals surface area (Å²) < 4.78 is 5.29. The summed E-state index contributed by atoms with van der Waals surface area (Å²) in [6.07, 6.45) is 5.40. The minimum absolute atomic E-state index is 0.00739. The van der Waals surface area contributed by atoms with Crippen molar-refractivity contribution in [2.75, 3.05) is 33.3 Å². The summed E-state index contributed by atoms with van der Waals surface area (Å²) in [4.78, 5) is 28.3. The minimum atomic E-state index is -0.581. The Labute approximate surface area is 238 Å². The number of ether oxygens (including phenoxy) is 1. The van der Waals surface area contributed by atoms with Gasteiger partial charge in [0.15, 0.2) is 0 Å². The summed E-state index contributed by atoms with van der Waals surface area (Å²) in [5, 5.41) is 6.49. The first-order valence-corrected chi connectivity index (χ1v) is 14.6. The summed E-state index contributed by atoms with van der Waals surface area (Å²) in [6, 6.07) is 25.5. The first-order valence-electron chi connectivity index (χ1n) is 14.6. The first-order chi connectivity index (χ1) is 19.5. The topological polar surface area (TPSA) is 70.7 Å². The van der Waals surface area contributed by atoms with Gasteiger partial charge in [-0.3, -0.25) is 9.59 Å². The van der Waals surface area contributed by atoms with Crippen LogP contribution in [-0.4, -0.2) is 56.0 Å². The van der Waals surface area contributed by atoms with E-state index in [0.29, 0.717) is 23.4 Å². The molecule has 1 saturated heterocycles. The fourth-order valence-electron chi connectivity index (χ4n) is 5.95. The number of amides is 2. The first kappa shape index (κ1) is 27.9. The molecule has 3 aromatic carbocycles. The zero-order chi connectivity index (χ0) is 28.0. The van der Waals surface area contributed by atoms with Gasteiger partial charge in [-0.2, -0.15) is 0 Å². The molecule has 1 saturated carbocycles. The highest BCUT2D eigenvalue weighted by atomic mass is 16.5. The van der Waals surface area contributed by atoms with E-state index in [-0.39, 0.29) is 11.8 Å². The molecule has 2 aliphatic rings. The highest BCUT2D eigenvalue weighted by Gasteiger charge is 2.49. The number of benzene rings is 3. The van der Waals surface area contributed by atoms with Gasteiger partial charge in [-0.15, -0.1) is 0 Å². The molecule has 5 rings (SSSR count). The molecule has 0 radical (unpaired) electrons. The number of hydrogen-bond acceptors (Lipinski definition) is 4. The molecular weight excluding hydrogens is 498 g/mol. The lowest BCUT2D eigenvalue weighted by Crippen LogP contribution is -2.52. The fraction of sp³-hybridized carbons (Fsp3) is 0.412. The Hall–Kier alpha value is -3.64. The maximum atomic E-state index is 13.3. The molecule has 0 spiro atoms. The molecule has 40 heavy (non-hydrogen) atoms. The van der Waals surface area contributed by atoms with Crippen LogP contribution in [0, 0.1) is 5.41 Å². The van der Waals surface area contributed by atoms with Crippen molar-refractivity contribution in [2.45, 2.75) is 51.0 Å². The van der Waals surface area contributed by atoms with Crippen molar-refractivity contribution < 1.29 is 14.3 Å². The van der Waals surface area contributed by atoms with Crippen LogP contribution < -0.4 is 15.4 Å². The van der Waals surface area contributed by atoms with Crippen LogP contribution in [0.1, 0.15) is 60.9 Å². The molecule has 210 valence electrons. The Kier molecular flexibility index (Phi) is 8.85. The standard InChI is InChI=1S/C34H41N3O3/c1-34(23-30(34)27-15-17-29(40-2)18-16-27)19-8-20-35-24-31(33(39)37-21-6-7-22-37)36-32(38)28-13-11-26(12-14-28)25-9-4-3-5-10-25/h3-5,9-18,30-31,35H,6-8,19-24H2,1-2H3,(H,36,38)/t30-,31-,34?/m0/s1. The fourth-order valence-corrected chi connectivity index (χ4v) is 5.95. The normalized spacial score (nSPS) is 20.6. The molecule has 2 fully saturated rings. The second-order valence-electron chi connectivity index (χ2n) is 11.5. The van der Waals surface area contributed by atoms with Crippen LogP contribution >= 0.6 is 0 Å². The van der Waals surface area contributed by atoms with Crippen molar-refractivity contribution in [3.8, 4) is 16.9 Å². The van der Waals surface area contributed by atoms with E-state index in [1.807, 2.05) is 71.6 Å². The van der Waals surface area contributed by atoms with E-state index in [9.17, 15) is 9.59 Å². The lowest BCUT2D eigenvalue weighted by Gasteiger charge is -2.24. The van der Waals surface area contributed by atoms with Crippen molar-refractivity contribution in [3.05, 3.63) is 90.0 Å². The third kappa shape index (κ3) is 6.73. The SMILES string of the molecule is COc1ccc([C@@H]2CC2(C)CCCNC[C@H](NC(=O)c2ccc(-c3ccccc3)cc2)C(=O)N2CCCC2)cc1. The van der Waals surface area contributed by atoms with Gasteiger partial charge < -0.3 is 20.3 Å². The maximum Gasteiger partial charge on any atom is 0.251 e. The molecule has 1 heterocycles. The number of nitrogens with zero attached hydrogens (tertiary/aromatic N) is 1. The van der Waals surface area contributed by atoms with E-state index in [4.69, 9.17) is 4.74 Å². The molecule has 1 unspecified atom stereocenters. The minimum Gasteiger partial charge on any atom is -0.497 e. The number of carbonyl (C=O) groups is 2. The van der Waals surface area contributed by atoms with Crippen LogP contribution in [0.3, 0.4) is 0 Å². The predicted molar refractivity (Wildman–Crippen MR) is 160 cm³/mol. The number of rotatable bonds is 12. The highest BCUT2D eigenvalue weighted by molar-refractivity contribution is 5.98. The van der Waals surface area contributed by atoms with Gasteiger partial charge in [0.1, 0.15) is 11.8 Å². The van der Waals surface area contributed by atoms with E-state index in [1.165, 1.54) is 12.0 Å². The van der Waals surface area contributed by atoms with Crippen molar-refractivity contribution >= 4 is 11.8 Å². The van der Waals surface area contributed by atoms with Gasteiger partial charge in [0.05, 0.1) is 7.11 Å². The number of hydrogen-bond donors (Lipinski definition) is 2. The van der Waals surface area contributed by atoms with Crippen LogP contribution in [-0.2, 0) is 4.79 Å². The lowest BCUT2D eigenvalue weighted by atomic mass is 9.96. The summed E-state index contributed by atoms with van der Waals surface area (Å²) in [5.74, 6) is 1.28. The Balaban J connectivity index is 1.13. The quantitative estimate of drug-likeness (QED) is 0.292. The molecule has 0 aromatic heterocycles. The van der Waals surface area contributed by atoms with Crippen molar-refractivity contribution in [1.29, 1.82) is 0 Å². The smallest absolute Gasteiger partial charge is 0.251 e. The maximum absolute atomic E-state index is 13.3. The number of nitrogens with one attached hydrogen (secondary N) is 2. The molecular formula is C34H41N3O3. The summed E-state index contributed by atoms with van der Waals surface area (Å²) in [7, 11) is 1.70. The second kappa shape index (κ2) is 12.7. The van der Waals surface area contributed by atoms with Gasteiger partial charge in [-0.1, -0.05) is 61.5 Å². The van der Waals surface area contributed by atoms with Gasteiger partial charge in [-0.25, -0.2) is 0 Å². The molecule has 1 aliphatic carbocycles. The second-order valence-corrected chi connectivity index (χ2v) is 11.5. The van der Waals surface area contributed by atoms with E-state index in [1.54, 1.807) is 7.11 Å². The van der Waals surface area contributed by atoms with Crippen LogP contribution in [0.15, 0.2) is 78.9 Å². The van der Waals surface area contributed by atoms with E-state index in [2.05, 4.69) is 29.7 Å². The highest BCUT2D eigenvalue weighted by Crippen LogP contribution is 2.61. The van der Waals surface area contributed by atoms with Crippen LogP contribution in [0.25, 0.3) is 11.1 Å².